The minimum Gasteiger partial charge on any atom is -0.450 e. The highest BCUT2D eigenvalue weighted by Crippen LogP contribution is 2.37. The highest BCUT2D eigenvalue weighted by molar-refractivity contribution is 6.31. The molecule has 0 unspecified atom stereocenters. The number of aryl methyl sites for hydroxylation is 1. The molecule has 0 N–H and O–H groups in total. The van der Waals surface area contributed by atoms with E-state index >= 15 is 0 Å². The van der Waals surface area contributed by atoms with Gasteiger partial charge in [0.1, 0.15) is 5.58 Å². The SMILES string of the molecule is CCc1ccc([C@H]2c3c(oc4ccc(Cl)cc4c3=O)C(=O)N2C)cc1. The lowest BCUT2D eigenvalue weighted by Crippen LogP contribution is -2.25. The van der Waals surface area contributed by atoms with Crippen LogP contribution in [0.1, 0.15) is 40.2 Å². The second kappa shape index (κ2) is 5.74. The maximum atomic E-state index is 13.1. The summed E-state index contributed by atoms with van der Waals surface area (Å²) in [5.74, 6) is -0.166. The van der Waals surface area contributed by atoms with E-state index < -0.39 is 6.04 Å². The van der Waals surface area contributed by atoms with Crippen molar-refractivity contribution >= 4 is 28.5 Å². The van der Waals surface area contributed by atoms with Crippen molar-refractivity contribution in [1.82, 2.24) is 4.90 Å². The number of hydrogen-bond acceptors (Lipinski definition) is 3. The quantitative estimate of drug-likeness (QED) is 0.694. The molecular weight excluding hydrogens is 338 g/mol. The Bertz CT molecular complexity index is 1050. The van der Waals surface area contributed by atoms with E-state index in [2.05, 4.69) is 6.92 Å². The number of halogens is 1. The average Bonchev–Trinajstić information content (AvgIpc) is 2.88. The van der Waals surface area contributed by atoms with Crippen LogP contribution in [-0.4, -0.2) is 17.9 Å². The first-order chi connectivity index (χ1) is 12.0. The highest BCUT2D eigenvalue weighted by atomic mass is 35.5. The van der Waals surface area contributed by atoms with Crippen LogP contribution in [0.4, 0.5) is 0 Å². The first kappa shape index (κ1) is 15.9. The summed E-state index contributed by atoms with van der Waals surface area (Å²) in [5, 5.41) is 0.853. The first-order valence-corrected chi connectivity index (χ1v) is 8.51. The number of fused-ring (bicyclic) bond motifs is 2. The van der Waals surface area contributed by atoms with Crippen LogP contribution in [0.2, 0.25) is 5.02 Å². The summed E-state index contributed by atoms with van der Waals surface area (Å²) in [4.78, 5) is 27.3. The van der Waals surface area contributed by atoms with Crippen LogP contribution < -0.4 is 5.43 Å². The van der Waals surface area contributed by atoms with Gasteiger partial charge in [0.25, 0.3) is 5.91 Å². The number of carbonyl (C=O) groups excluding carboxylic acids is 1. The number of nitrogens with zero attached hydrogens (tertiary/aromatic N) is 1. The van der Waals surface area contributed by atoms with Gasteiger partial charge in [-0.2, -0.15) is 0 Å². The Hall–Kier alpha value is -2.59. The minimum atomic E-state index is -0.451. The molecule has 0 aliphatic carbocycles. The summed E-state index contributed by atoms with van der Waals surface area (Å²) in [6, 6.07) is 12.4. The lowest BCUT2D eigenvalue weighted by molar-refractivity contribution is 0.0771. The lowest BCUT2D eigenvalue weighted by atomic mass is 9.97. The Morgan fingerprint density at radius 1 is 1.12 bits per heavy atom. The fourth-order valence-corrected chi connectivity index (χ4v) is 3.56. The van der Waals surface area contributed by atoms with Crippen LogP contribution in [-0.2, 0) is 6.42 Å². The van der Waals surface area contributed by atoms with Gasteiger partial charge in [-0.1, -0.05) is 42.8 Å². The van der Waals surface area contributed by atoms with E-state index in [1.54, 1.807) is 30.1 Å². The number of hydrogen-bond donors (Lipinski definition) is 0. The Morgan fingerprint density at radius 2 is 1.84 bits per heavy atom. The van der Waals surface area contributed by atoms with Crippen molar-refractivity contribution in [1.29, 1.82) is 0 Å². The molecule has 2 heterocycles. The average molecular weight is 354 g/mol. The topological polar surface area (TPSA) is 50.5 Å². The van der Waals surface area contributed by atoms with Crippen molar-refractivity contribution in [2.75, 3.05) is 7.05 Å². The molecule has 1 aliphatic heterocycles. The van der Waals surface area contributed by atoms with E-state index in [1.165, 1.54) is 5.56 Å². The minimum absolute atomic E-state index is 0.117. The third-order valence-corrected chi connectivity index (χ3v) is 5.00. The molecule has 0 saturated heterocycles. The molecule has 0 fully saturated rings. The molecule has 1 atom stereocenters. The maximum absolute atomic E-state index is 13.1. The molecule has 1 amide bonds. The molecule has 25 heavy (non-hydrogen) atoms. The van der Waals surface area contributed by atoms with Crippen molar-refractivity contribution in [2.45, 2.75) is 19.4 Å². The second-order valence-electron chi connectivity index (χ2n) is 6.23. The van der Waals surface area contributed by atoms with Crippen molar-refractivity contribution < 1.29 is 9.21 Å². The lowest BCUT2D eigenvalue weighted by Gasteiger charge is -2.20. The van der Waals surface area contributed by atoms with E-state index in [1.807, 2.05) is 24.3 Å². The number of amides is 1. The fourth-order valence-electron chi connectivity index (χ4n) is 3.39. The zero-order chi connectivity index (χ0) is 17.7. The van der Waals surface area contributed by atoms with E-state index in [4.69, 9.17) is 16.0 Å². The van der Waals surface area contributed by atoms with Crippen LogP contribution >= 0.6 is 11.6 Å². The summed E-state index contributed by atoms with van der Waals surface area (Å²) < 4.78 is 5.77. The predicted molar refractivity (Wildman–Crippen MR) is 97.3 cm³/mol. The summed E-state index contributed by atoms with van der Waals surface area (Å²) in [7, 11) is 1.69. The molecule has 0 spiro atoms. The third-order valence-electron chi connectivity index (χ3n) is 4.77. The molecule has 0 saturated carbocycles. The van der Waals surface area contributed by atoms with Gasteiger partial charge < -0.3 is 9.32 Å². The van der Waals surface area contributed by atoms with Crippen LogP contribution in [0.3, 0.4) is 0 Å². The molecule has 1 aromatic heterocycles. The van der Waals surface area contributed by atoms with Crippen LogP contribution in [0, 0.1) is 0 Å². The molecule has 3 aromatic rings. The molecule has 4 nitrogen and oxygen atoms in total. The molecule has 2 aromatic carbocycles. The summed E-state index contributed by atoms with van der Waals surface area (Å²) in [5.41, 5.74) is 2.64. The maximum Gasteiger partial charge on any atom is 0.290 e. The number of benzene rings is 2. The van der Waals surface area contributed by atoms with Gasteiger partial charge in [0.15, 0.2) is 5.43 Å². The van der Waals surface area contributed by atoms with E-state index in [0.717, 1.165) is 12.0 Å². The van der Waals surface area contributed by atoms with Gasteiger partial charge in [0, 0.05) is 12.1 Å². The van der Waals surface area contributed by atoms with Gasteiger partial charge >= 0.3 is 0 Å². The summed E-state index contributed by atoms with van der Waals surface area (Å²) >= 11 is 6.03. The molecule has 4 rings (SSSR count). The van der Waals surface area contributed by atoms with Gasteiger partial charge in [0.05, 0.1) is 17.0 Å². The molecule has 0 bridgehead atoms. The molecule has 126 valence electrons. The van der Waals surface area contributed by atoms with E-state index in [0.29, 0.717) is 21.6 Å². The van der Waals surface area contributed by atoms with Crippen LogP contribution in [0.15, 0.2) is 51.7 Å². The Morgan fingerprint density at radius 3 is 2.52 bits per heavy atom. The molecular formula is C20H16ClNO3. The molecule has 5 heteroatoms. The van der Waals surface area contributed by atoms with Crippen molar-refractivity contribution in [3.8, 4) is 0 Å². The normalized spacial score (nSPS) is 16.5. The van der Waals surface area contributed by atoms with Crippen LogP contribution in [0.5, 0.6) is 0 Å². The number of rotatable bonds is 2. The van der Waals surface area contributed by atoms with E-state index in [9.17, 15) is 9.59 Å². The van der Waals surface area contributed by atoms with Gasteiger partial charge in [-0.25, -0.2) is 0 Å². The first-order valence-electron chi connectivity index (χ1n) is 8.13. The number of carbonyl (C=O) groups is 1. The van der Waals surface area contributed by atoms with Gasteiger partial charge in [0.2, 0.25) is 5.76 Å². The Kier molecular flexibility index (Phi) is 3.65. The fraction of sp³-hybridized carbons (Fsp3) is 0.200. The largest absolute Gasteiger partial charge is 0.450 e. The summed E-state index contributed by atoms with van der Waals surface area (Å²) in [6.45, 7) is 2.08. The zero-order valence-electron chi connectivity index (χ0n) is 13.9. The Balaban J connectivity index is 1.98. The summed E-state index contributed by atoms with van der Waals surface area (Å²) in [6.07, 6.45) is 0.932. The highest BCUT2D eigenvalue weighted by Gasteiger charge is 2.40. The molecule has 1 aliphatic rings. The van der Waals surface area contributed by atoms with Gasteiger partial charge in [-0.3, -0.25) is 9.59 Å². The van der Waals surface area contributed by atoms with E-state index in [-0.39, 0.29) is 17.1 Å². The third kappa shape index (κ3) is 2.36. The van der Waals surface area contributed by atoms with Crippen molar-refractivity contribution in [3.63, 3.8) is 0 Å². The van der Waals surface area contributed by atoms with Crippen molar-refractivity contribution in [3.05, 3.63) is 80.2 Å². The van der Waals surface area contributed by atoms with Crippen molar-refractivity contribution in [2.24, 2.45) is 0 Å². The Labute approximate surface area is 149 Å². The monoisotopic (exact) mass is 353 g/mol. The van der Waals surface area contributed by atoms with Crippen LogP contribution in [0.25, 0.3) is 11.0 Å². The second-order valence-corrected chi connectivity index (χ2v) is 6.66. The van der Waals surface area contributed by atoms with Gasteiger partial charge in [-0.15, -0.1) is 0 Å². The zero-order valence-corrected chi connectivity index (χ0v) is 14.6. The smallest absolute Gasteiger partial charge is 0.290 e. The standard InChI is InChI=1S/C20H16ClNO3/c1-3-11-4-6-12(7-5-11)17-16-18(23)14-10-13(21)8-9-15(14)25-19(16)20(24)22(17)2/h4-10,17H,3H2,1-2H3/t17-/m0/s1. The predicted octanol–water partition coefficient (Wildman–Crippen LogP) is 4.18. The van der Waals surface area contributed by atoms with Gasteiger partial charge in [-0.05, 0) is 35.7 Å². The molecule has 0 radical (unpaired) electrons.